The van der Waals surface area contributed by atoms with Crippen molar-refractivity contribution in [1.82, 2.24) is 5.32 Å². The van der Waals surface area contributed by atoms with Gasteiger partial charge < -0.3 is 14.8 Å². The number of carbonyl (C=O) groups excluding carboxylic acids is 3. The van der Waals surface area contributed by atoms with Crippen LogP contribution in [0, 0.1) is 13.8 Å². The number of nitrogens with zero attached hydrogens (tertiary/aromatic N) is 1. The molecule has 0 radical (unpaired) electrons. The van der Waals surface area contributed by atoms with E-state index in [0.29, 0.717) is 22.7 Å². The summed E-state index contributed by atoms with van der Waals surface area (Å²) in [5, 5.41) is 2.97. The van der Waals surface area contributed by atoms with Crippen LogP contribution in [0.2, 0.25) is 0 Å². The molecule has 7 nitrogen and oxygen atoms in total. The van der Waals surface area contributed by atoms with Crippen molar-refractivity contribution in [3.05, 3.63) is 88.0 Å². The molecule has 0 aliphatic carbocycles. The summed E-state index contributed by atoms with van der Waals surface area (Å²) < 4.78 is 10.7. The summed E-state index contributed by atoms with van der Waals surface area (Å²) in [5.41, 5.74) is 3.98. The highest BCUT2D eigenvalue weighted by Gasteiger charge is 2.37. The van der Waals surface area contributed by atoms with Crippen LogP contribution in [0.1, 0.15) is 60.7 Å². The fourth-order valence-electron chi connectivity index (χ4n) is 4.24. The number of rotatable bonds is 6. The van der Waals surface area contributed by atoms with Crippen molar-refractivity contribution in [3.63, 3.8) is 0 Å². The first-order valence-electron chi connectivity index (χ1n) is 10.9. The molecular weight excluding hydrogens is 432 g/mol. The van der Waals surface area contributed by atoms with Crippen LogP contribution in [0.15, 0.2) is 54.6 Å². The van der Waals surface area contributed by atoms with E-state index < -0.39 is 11.8 Å². The van der Waals surface area contributed by atoms with Crippen LogP contribution in [-0.4, -0.2) is 31.9 Å². The fourth-order valence-corrected chi connectivity index (χ4v) is 4.24. The van der Waals surface area contributed by atoms with Crippen molar-refractivity contribution < 1.29 is 23.9 Å². The fraction of sp³-hybridized carbons (Fsp3) is 0.222. The number of nitrogens with one attached hydrogen (secondary N) is 1. The van der Waals surface area contributed by atoms with Gasteiger partial charge in [0.2, 0.25) is 0 Å². The number of methoxy groups -OCH3 is 2. The summed E-state index contributed by atoms with van der Waals surface area (Å²) in [7, 11) is 3.13. The first-order valence-corrected chi connectivity index (χ1v) is 10.9. The number of hydrogen-bond donors (Lipinski definition) is 1. The lowest BCUT2D eigenvalue weighted by Crippen LogP contribution is -2.30. The van der Waals surface area contributed by atoms with E-state index >= 15 is 0 Å². The largest absolute Gasteiger partial charge is 0.493 e. The molecule has 0 fully saturated rings. The Morgan fingerprint density at radius 3 is 2.18 bits per heavy atom. The van der Waals surface area contributed by atoms with Crippen LogP contribution in [0.25, 0.3) is 0 Å². The predicted molar refractivity (Wildman–Crippen MR) is 129 cm³/mol. The van der Waals surface area contributed by atoms with Gasteiger partial charge in [-0.2, -0.15) is 0 Å². The molecule has 1 atom stereocenters. The lowest BCUT2D eigenvalue weighted by molar-refractivity contribution is 0.0921. The van der Waals surface area contributed by atoms with Gasteiger partial charge in [-0.1, -0.05) is 18.2 Å². The van der Waals surface area contributed by atoms with Gasteiger partial charge in [-0.25, -0.2) is 4.90 Å². The smallest absolute Gasteiger partial charge is 0.266 e. The van der Waals surface area contributed by atoms with Crippen molar-refractivity contribution in [3.8, 4) is 11.5 Å². The maximum Gasteiger partial charge on any atom is 0.266 e. The molecule has 3 aromatic carbocycles. The molecular formula is C27H26N2O5. The zero-order valence-corrected chi connectivity index (χ0v) is 19.8. The zero-order valence-electron chi connectivity index (χ0n) is 19.8. The number of carbonyl (C=O) groups is 3. The highest BCUT2D eigenvalue weighted by molar-refractivity contribution is 6.35. The van der Waals surface area contributed by atoms with E-state index in [1.807, 2.05) is 45.0 Å². The maximum absolute atomic E-state index is 13.1. The molecule has 174 valence electrons. The lowest BCUT2D eigenvalue weighted by atomic mass is 10.0. The third-order valence-corrected chi connectivity index (χ3v) is 6.09. The molecule has 3 aromatic rings. The third kappa shape index (κ3) is 3.90. The molecule has 1 unspecified atom stereocenters. The molecule has 1 aliphatic rings. The summed E-state index contributed by atoms with van der Waals surface area (Å²) >= 11 is 0. The average Bonchev–Trinajstić information content (AvgIpc) is 3.08. The Morgan fingerprint density at radius 1 is 0.853 bits per heavy atom. The Balaban J connectivity index is 1.59. The van der Waals surface area contributed by atoms with E-state index in [0.717, 1.165) is 21.6 Å². The number of anilines is 1. The second kappa shape index (κ2) is 9.02. The van der Waals surface area contributed by atoms with Gasteiger partial charge >= 0.3 is 0 Å². The van der Waals surface area contributed by atoms with E-state index in [2.05, 4.69) is 5.32 Å². The lowest BCUT2D eigenvalue weighted by Gasteiger charge is -2.19. The molecule has 1 N–H and O–H groups in total. The topological polar surface area (TPSA) is 84.9 Å². The summed E-state index contributed by atoms with van der Waals surface area (Å²) in [6, 6.07) is 15.2. The summed E-state index contributed by atoms with van der Waals surface area (Å²) in [6.45, 7) is 5.64. The standard InChI is InChI=1S/C27H26N2O5/c1-15-8-6-7-9-22(15)29-26(31)19-11-10-18(13-21(19)27(29)32)25(30)28-17(3)20-14-24(34-5)23(33-4)12-16(20)2/h6-14,17H,1-5H3,(H,28,30). The average molecular weight is 459 g/mol. The zero-order chi connectivity index (χ0) is 24.6. The van der Waals surface area contributed by atoms with Crippen molar-refractivity contribution in [2.24, 2.45) is 0 Å². The number of benzene rings is 3. The Hall–Kier alpha value is -4.13. The van der Waals surface area contributed by atoms with Gasteiger partial charge in [0.1, 0.15) is 0 Å². The molecule has 0 saturated heterocycles. The van der Waals surface area contributed by atoms with Crippen LogP contribution >= 0.6 is 0 Å². The summed E-state index contributed by atoms with van der Waals surface area (Å²) in [6.07, 6.45) is 0. The number of hydrogen-bond acceptors (Lipinski definition) is 5. The Morgan fingerprint density at radius 2 is 1.50 bits per heavy atom. The van der Waals surface area contributed by atoms with Crippen molar-refractivity contribution in [1.29, 1.82) is 0 Å². The molecule has 0 spiro atoms. The Bertz CT molecular complexity index is 1310. The van der Waals surface area contributed by atoms with E-state index in [4.69, 9.17) is 9.47 Å². The normalized spacial score (nSPS) is 13.5. The number of amides is 3. The highest BCUT2D eigenvalue weighted by atomic mass is 16.5. The molecule has 34 heavy (non-hydrogen) atoms. The predicted octanol–water partition coefficient (Wildman–Crippen LogP) is 4.61. The Kier molecular flexibility index (Phi) is 6.11. The number of ether oxygens (including phenoxy) is 2. The van der Waals surface area contributed by atoms with Crippen LogP contribution in [0.3, 0.4) is 0 Å². The molecule has 0 aromatic heterocycles. The van der Waals surface area contributed by atoms with Gasteiger partial charge in [0.25, 0.3) is 17.7 Å². The van der Waals surface area contributed by atoms with Crippen LogP contribution in [0.4, 0.5) is 5.69 Å². The van der Waals surface area contributed by atoms with Crippen LogP contribution in [-0.2, 0) is 0 Å². The highest BCUT2D eigenvalue weighted by Crippen LogP contribution is 2.34. The van der Waals surface area contributed by atoms with Gasteiger partial charge in [-0.05, 0) is 73.9 Å². The molecule has 0 bridgehead atoms. The van der Waals surface area contributed by atoms with Crippen LogP contribution in [0.5, 0.6) is 11.5 Å². The molecule has 1 heterocycles. The first-order chi connectivity index (χ1) is 16.3. The minimum atomic E-state index is -0.437. The van der Waals surface area contributed by atoms with Crippen LogP contribution < -0.4 is 19.7 Å². The second-order valence-electron chi connectivity index (χ2n) is 8.25. The molecule has 0 saturated carbocycles. The Labute approximate surface area is 198 Å². The molecule has 7 heteroatoms. The van der Waals surface area contributed by atoms with E-state index in [1.165, 1.54) is 12.1 Å². The van der Waals surface area contributed by atoms with Gasteiger partial charge in [0.05, 0.1) is 37.1 Å². The number of imide groups is 1. The SMILES string of the molecule is COc1cc(C)c(C(C)NC(=O)c2ccc3c(c2)C(=O)N(c2ccccc2C)C3=O)cc1OC. The van der Waals surface area contributed by atoms with Gasteiger partial charge in [-0.15, -0.1) is 0 Å². The van der Waals surface area contributed by atoms with E-state index in [9.17, 15) is 14.4 Å². The first kappa shape index (κ1) is 23.0. The van der Waals surface area contributed by atoms with Gasteiger partial charge in [-0.3, -0.25) is 14.4 Å². The summed E-state index contributed by atoms with van der Waals surface area (Å²) in [4.78, 5) is 40.2. The van der Waals surface area contributed by atoms with E-state index in [1.54, 1.807) is 32.4 Å². The van der Waals surface area contributed by atoms with Crippen molar-refractivity contribution in [2.75, 3.05) is 19.1 Å². The third-order valence-electron chi connectivity index (χ3n) is 6.09. The monoisotopic (exact) mass is 458 g/mol. The van der Waals surface area contributed by atoms with Crippen molar-refractivity contribution >= 4 is 23.4 Å². The second-order valence-corrected chi connectivity index (χ2v) is 8.25. The molecule has 3 amide bonds. The minimum Gasteiger partial charge on any atom is -0.493 e. The summed E-state index contributed by atoms with van der Waals surface area (Å²) in [5.74, 6) is 0.00630. The number of para-hydroxylation sites is 1. The number of fused-ring (bicyclic) bond motifs is 1. The van der Waals surface area contributed by atoms with Gasteiger partial charge in [0.15, 0.2) is 11.5 Å². The molecule has 1 aliphatic heterocycles. The van der Waals surface area contributed by atoms with Crippen molar-refractivity contribution in [2.45, 2.75) is 26.8 Å². The van der Waals surface area contributed by atoms with Gasteiger partial charge in [0, 0.05) is 5.56 Å². The van der Waals surface area contributed by atoms with E-state index in [-0.39, 0.29) is 23.1 Å². The number of aryl methyl sites for hydroxylation is 2. The molecule has 4 rings (SSSR count). The minimum absolute atomic E-state index is 0.218. The maximum atomic E-state index is 13.1. The quantitative estimate of drug-likeness (QED) is 0.545.